The third-order valence-electron chi connectivity index (χ3n) is 6.36. The zero-order valence-electron chi connectivity index (χ0n) is 15.8. The topological polar surface area (TPSA) is 55.9 Å². The van der Waals surface area contributed by atoms with E-state index in [0.717, 1.165) is 19.3 Å². The molecule has 0 bridgehead atoms. The lowest BCUT2D eigenvalue weighted by atomic mass is 9.92. The third kappa shape index (κ3) is 3.52. The van der Waals surface area contributed by atoms with Crippen molar-refractivity contribution < 1.29 is 14.0 Å². The highest BCUT2D eigenvalue weighted by atomic mass is 19.1. The van der Waals surface area contributed by atoms with Gasteiger partial charge >= 0.3 is 6.03 Å². The average Bonchev–Trinajstić information content (AvgIpc) is 3.29. The number of amides is 3. The highest BCUT2D eigenvalue weighted by molar-refractivity contribution is 5.96. The van der Waals surface area contributed by atoms with E-state index in [1.165, 1.54) is 25.0 Å². The summed E-state index contributed by atoms with van der Waals surface area (Å²) in [6.07, 6.45) is 5.30. The van der Waals surface area contributed by atoms with Crippen molar-refractivity contribution in [2.75, 3.05) is 38.1 Å². The minimum absolute atomic E-state index is 0.00128. The number of nitrogens with zero attached hydrogens (tertiary/aromatic N) is 3. The Balaban J connectivity index is 1.48. The maximum absolute atomic E-state index is 13.6. The minimum Gasteiger partial charge on any atom is -0.335 e. The fraction of sp³-hybridized carbons (Fsp3) is 0.600. The molecule has 6 nitrogen and oxygen atoms in total. The summed E-state index contributed by atoms with van der Waals surface area (Å²) in [6, 6.07) is 6.46. The van der Waals surface area contributed by atoms with Crippen LogP contribution in [0.25, 0.3) is 0 Å². The first kappa shape index (κ1) is 18.2. The highest BCUT2D eigenvalue weighted by Gasteiger charge is 2.48. The van der Waals surface area contributed by atoms with Crippen molar-refractivity contribution in [3.63, 3.8) is 0 Å². The van der Waals surface area contributed by atoms with Crippen LogP contribution in [0.2, 0.25) is 0 Å². The number of benzene rings is 1. The fourth-order valence-electron chi connectivity index (χ4n) is 4.64. The molecule has 1 saturated carbocycles. The maximum Gasteiger partial charge on any atom is 0.317 e. The van der Waals surface area contributed by atoms with Crippen LogP contribution in [0.3, 0.4) is 0 Å². The Morgan fingerprint density at radius 1 is 1.26 bits per heavy atom. The van der Waals surface area contributed by atoms with Crippen LogP contribution in [0, 0.1) is 5.82 Å². The first-order valence-electron chi connectivity index (χ1n) is 9.79. The molecule has 1 unspecified atom stereocenters. The van der Waals surface area contributed by atoms with E-state index in [-0.39, 0.29) is 29.8 Å². The molecule has 4 rings (SSSR count). The molecule has 27 heavy (non-hydrogen) atoms. The lowest BCUT2D eigenvalue weighted by Crippen LogP contribution is -2.64. The monoisotopic (exact) mass is 374 g/mol. The lowest BCUT2D eigenvalue weighted by Gasteiger charge is -2.46. The zero-order valence-corrected chi connectivity index (χ0v) is 15.8. The second-order valence-electron chi connectivity index (χ2n) is 8.14. The summed E-state index contributed by atoms with van der Waals surface area (Å²) in [6.45, 7) is 2.00. The number of anilines is 1. The van der Waals surface area contributed by atoms with Gasteiger partial charge < -0.3 is 15.1 Å². The van der Waals surface area contributed by atoms with E-state index in [0.29, 0.717) is 31.4 Å². The molecule has 2 heterocycles. The number of nitrogens with one attached hydrogen (secondary N) is 1. The Labute approximate surface area is 159 Å². The number of piperazine rings is 1. The first-order valence-corrected chi connectivity index (χ1v) is 9.79. The standard InChI is InChI=1S/C20H27FN4O2/c1-23-12-18(26)25(17-8-4-5-15(21)11-17)14-20(23)9-10-24(13-20)19(27)22-16-6-2-3-7-16/h4-5,8,11,16H,2-3,6-7,9-10,12-14H2,1H3,(H,22,27). The van der Waals surface area contributed by atoms with Crippen molar-refractivity contribution in [2.24, 2.45) is 0 Å². The van der Waals surface area contributed by atoms with Crippen LogP contribution in [0.15, 0.2) is 24.3 Å². The number of likely N-dealkylation sites (tertiary alicyclic amines) is 1. The molecular formula is C20H27FN4O2. The van der Waals surface area contributed by atoms with Crippen molar-refractivity contribution in [2.45, 2.75) is 43.7 Å². The van der Waals surface area contributed by atoms with Gasteiger partial charge in [-0.3, -0.25) is 9.69 Å². The Morgan fingerprint density at radius 3 is 2.78 bits per heavy atom. The van der Waals surface area contributed by atoms with Crippen LogP contribution in [-0.4, -0.2) is 66.5 Å². The molecule has 3 aliphatic rings. The van der Waals surface area contributed by atoms with Crippen molar-refractivity contribution in [1.82, 2.24) is 15.1 Å². The van der Waals surface area contributed by atoms with E-state index in [1.807, 2.05) is 11.9 Å². The molecule has 146 valence electrons. The second kappa shape index (κ2) is 7.11. The molecule has 1 spiro atoms. The van der Waals surface area contributed by atoms with Crippen LogP contribution < -0.4 is 10.2 Å². The summed E-state index contributed by atoms with van der Waals surface area (Å²) in [5.74, 6) is -0.389. The molecular weight excluding hydrogens is 347 g/mol. The van der Waals surface area contributed by atoms with Gasteiger partial charge in [-0.2, -0.15) is 0 Å². The van der Waals surface area contributed by atoms with E-state index in [1.54, 1.807) is 17.0 Å². The van der Waals surface area contributed by atoms with Gasteiger partial charge in [-0.25, -0.2) is 9.18 Å². The molecule has 0 radical (unpaired) electrons. The Bertz CT molecular complexity index is 736. The number of likely N-dealkylation sites (N-methyl/N-ethyl adjacent to an activating group) is 1. The van der Waals surface area contributed by atoms with Gasteiger partial charge in [-0.1, -0.05) is 18.9 Å². The molecule has 1 aromatic rings. The van der Waals surface area contributed by atoms with Crippen LogP contribution in [0.4, 0.5) is 14.9 Å². The fourth-order valence-corrected chi connectivity index (χ4v) is 4.64. The van der Waals surface area contributed by atoms with Gasteiger partial charge in [0.2, 0.25) is 5.91 Å². The average molecular weight is 374 g/mol. The van der Waals surface area contributed by atoms with Crippen molar-refractivity contribution >= 4 is 17.6 Å². The van der Waals surface area contributed by atoms with Gasteiger partial charge in [0.05, 0.1) is 12.1 Å². The van der Waals surface area contributed by atoms with E-state index >= 15 is 0 Å². The van der Waals surface area contributed by atoms with Gasteiger partial charge in [0, 0.05) is 31.4 Å². The number of carbonyl (C=O) groups excluding carboxylic acids is 2. The van der Waals surface area contributed by atoms with Crippen LogP contribution in [0.5, 0.6) is 0 Å². The van der Waals surface area contributed by atoms with Gasteiger partial charge in [-0.15, -0.1) is 0 Å². The van der Waals surface area contributed by atoms with E-state index < -0.39 is 0 Å². The summed E-state index contributed by atoms with van der Waals surface area (Å²) in [7, 11) is 1.94. The minimum atomic E-state index is -0.350. The number of hydrogen-bond donors (Lipinski definition) is 1. The summed E-state index contributed by atoms with van der Waals surface area (Å²) in [4.78, 5) is 30.8. The largest absolute Gasteiger partial charge is 0.335 e. The van der Waals surface area contributed by atoms with Crippen molar-refractivity contribution in [3.8, 4) is 0 Å². The number of carbonyl (C=O) groups is 2. The molecule has 1 atom stereocenters. The molecule has 1 N–H and O–H groups in total. The number of rotatable bonds is 2. The lowest BCUT2D eigenvalue weighted by molar-refractivity contribution is -0.123. The van der Waals surface area contributed by atoms with Gasteiger partial charge in [0.1, 0.15) is 5.82 Å². The van der Waals surface area contributed by atoms with E-state index in [9.17, 15) is 14.0 Å². The Kier molecular flexibility index (Phi) is 4.80. The van der Waals surface area contributed by atoms with Crippen LogP contribution >= 0.6 is 0 Å². The highest BCUT2D eigenvalue weighted by Crippen LogP contribution is 2.33. The molecule has 1 aliphatic carbocycles. The summed E-state index contributed by atoms with van der Waals surface area (Å²) in [5, 5.41) is 3.16. The predicted molar refractivity (Wildman–Crippen MR) is 101 cm³/mol. The van der Waals surface area contributed by atoms with E-state index in [2.05, 4.69) is 10.2 Å². The van der Waals surface area contributed by atoms with Gasteiger partial charge in [-0.05, 0) is 44.5 Å². The molecule has 3 fully saturated rings. The van der Waals surface area contributed by atoms with E-state index in [4.69, 9.17) is 0 Å². The number of halogens is 1. The predicted octanol–water partition coefficient (Wildman–Crippen LogP) is 2.20. The number of hydrogen-bond acceptors (Lipinski definition) is 3. The SMILES string of the molecule is CN1CC(=O)N(c2cccc(F)c2)CC12CCN(C(=O)NC1CCCC1)C2. The van der Waals surface area contributed by atoms with Gasteiger partial charge in [0.25, 0.3) is 0 Å². The van der Waals surface area contributed by atoms with Crippen molar-refractivity contribution in [1.29, 1.82) is 0 Å². The molecule has 2 saturated heterocycles. The number of urea groups is 1. The summed E-state index contributed by atoms with van der Waals surface area (Å²) >= 11 is 0. The molecule has 1 aromatic carbocycles. The summed E-state index contributed by atoms with van der Waals surface area (Å²) < 4.78 is 13.6. The second-order valence-corrected chi connectivity index (χ2v) is 8.14. The third-order valence-corrected chi connectivity index (χ3v) is 6.36. The Morgan fingerprint density at radius 2 is 2.04 bits per heavy atom. The smallest absolute Gasteiger partial charge is 0.317 e. The van der Waals surface area contributed by atoms with Gasteiger partial charge in [0.15, 0.2) is 0 Å². The molecule has 0 aromatic heterocycles. The van der Waals surface area contributed by atoms with Crippen LogP contribution in [-0.2, 0) is 4.79 Å². The first-order chi connectivity index (χ1) is 13.0. The Hall–Kier alpha value is -2.15. The van der Waals surface area contributed by atoms with Crippen LogP contribution in [0.1, 0.15) is 32.1 Å². The molecule has 3 amide bonds. The molecule has 2 aliphatic heterocycles. The maximum atomic E-state index is 13.6. The summed E-state index contributed by atoms with van der Waals surface area (Å²) in [5.41, 5.74) is 0.300. The molecule has 7 heteroatoms. The normalized spacial score (nSPS) is 27.0. The zero-order chi connectivity index (χ0) is 19.0. The quantitative estimate of drug-likeness (QED) is 0.864. The van der Waals surface area contributed by atoms with Crippen molar-refractivity contribution in [3.05, 3.63) is 30.1 Å².